The Hall–Kier alpha value is -3.41. The number of aromatic nitrogens is 1. The van der Waals surface area contributed by atoms with E-state index in [1.807, 2.05) is 48.8 Å². The molecule has 1 aromatic heterocycles. The van der Waals surface area contributed by atoms with Crippen LogP contribution >= 0.6 is 0 Å². The number of benzene rings is 1. The molecule has 1 amide bonds. The van der Waals surface area contributed by atoms with Crippen molar-refractivity contribution in [1.82, 2.24) is 9.88 Å². The monoisotopic (exact) mass is 540 g/mol. The van der Waals surface area contributed by atoms with E-state index < -0.39 is 12.1 Å². The van der Waals surface area contributed by atoms with Gasteiger partial charge in [-0.25, -0.2) is 4.79 Å². The lowest BCUT2D eigenvalue weighted by atomic mass is 9.47. The number of carbonyl (C=O) groups is 2. The fraction of sp³-hybridized carbons (Fsp3) is 0.500. The maximum atomic E-state index is 13.1. The number of amides is 1. The summed E-state index contributed by atoms with van der Waals surface area (Å²) >= 11 is 0. The van der Waals surface area contributed by atoms with Crippen LogP contribution in [0.5, 0.6) is 0 Å². The van der Waals surface area contributed by atoms with Gasteiger partial charge in [-0.2, -0.15) is 0 Å². The highest BCUT2D eigenvalue weighted by molar-refractivity contribution is 5.77. The first kappa shape index (κ1) is 26.8. The van der Waals surface area contributed by atoms with Crippen LogP contribution in [0.15, 0.2) is 72.6 Å². The van der Waals surface area contributed by atoms with Gasteiger partial charge in [0.15, 0.2) is 0 Å². The number of pyridine rings is 1. The predicted octanol–water partition coefficient (Wildman–Crippen LogP) is 7.13. The summed E-state index contributed by atoms with van der Waals surface area (Å²) in [7, 11) is 0. The molecule has 2 fully saturated rings. The summed E-state index contributed by atoms with van der Waals surface area (Å²) in [4.78, 5) is 30.3. The summed E-state index contributed by atoms with van der Waals surface area (Å²) in [5.41, 5.74) is 5.42. The minimum absolute atomic E-state index is 0.134. The van der Waals surface area contributed by atoms with Gasteiger partial charge in [-0.15, -0.1) is 0 Å². The molecule has 6 heteroatoms. The number of rotatable bonds is 6. The summed E-state index contributed by atoms with van der Waals surface area (Å²) in [6.45, 7) is 4.78. The van der Waals surface area contributed by atoms with Crippen molar-refractivity contribution >= 4 is 17.6 Å². The summed E-state index contributed by atoms with van der Waals surface area (Å²) in [6.07, 6.45) is 15.3. The van der Waals surface area contributed by atoms with E-state index >= 15 is 0 Å². The first-order chi connectivity index (χ1) is 19.3. The molecule has 0 saturated heterocycles. The van der Waals surface area contributed by atoms with Crippen molar-refractivity contribution in [1.29, 1.82) is 0 Å². The normalized spacial score (nSPS) is 32.5. The number of carboxylic acids is 1. The first-order valence-corrected chi connectivity index (χ1v) is 14.8. The molecular formula is C34H40N2O4. The first-order valence-electron chi connectivity index (χ1n) is 14.8. The van der Waals surface area contributed by atoms with E-state index in [0.29, 0.717) is 17.8 Å². The molecule has 1 N–H and O–H groups in total. The predicted molar refractivity (Wildman–Crippen MR) is 154 cm³/mol. The van der Waals surface area contributed by atoms with Crippen molar-refractivity contribution < 1.29 is 19.4 Å². The summed E-state index contributed by atoms with van der Waals surface area (Å²) in [6, 6.07) is 13.7. The van der Waals surface area contributed by atoms with Crippen molar-refractivity contribution in [3.05, 3.63) is 83.7 Å². The number of nitrogens with zero attached hydrogens (tertiary/aromatic N) is 2. The van der Waals surface area contributed by atoms with E-state index in [4.69, 9.17) is 4.74 Å². The maximum Gasteiger partial charge on any atom is 0.410 e. The van der Waals surface area contributed by atoms with E-state index in [1.54, 1.807) is 0 Å². The summed E-state index contributed by atoms with van der Waals surface area (Å²) in [5, 5.41) is 9.41. The third kappa shape index (κ3) is 4.76. The molecule has 1 aromatic carbocycles. The molecule has 40 heavy (non-hydrogen) atoms. The van der Waals surface area contributed by atoms with E-state index in [1.165, 1.54) is 34.5 Å². The van der Waals surface area contributed by atoms with Gasteiger partial charge in [-0.3, -0.25) is 14.7 Å². The molecule has 2 aromatic rings. The molecule has 6 rings (SSSR count). The van der Waals surface area contributed by atoms with E-state index in [-0.39, 0.29) is 30.0 Å². The fourth-order valence-electron chi connectivity index (χ4n) is 8.63. The average Bonchev–Trinajstić information content (AvgIpc) is 3.31. The van der Waals surface area contributed by atoms with Gasteiger partial charge >= 0.3 is 12.1 Å². The van der Waals surface area contributed by atoms with Gasteiger partial charge in [0.2, 0.25) is 0 Å². The van der Waals surface area contributed by atoms with Gasteiger partial charge in [0.05, 0.1) is 0 Å². The van der Waals surface area contributed by atoms with Crippen LogP contribution in [0.4, 0.5) is 4.79 Å². The zero-order valence-corrected chi connectivity index (χ0v) is 23.6. The average molecular weight is 541 g/mol. The standard InChI is InChI=1S/C34H40N2O4/c1-33-16-14-26(40-32(39)36(22-31(37)38)21-23-7-4-3-5-8-23)19-25(33)10-11-27-29-13-12-28(24-9-6-18-35-20-24)34(29,2)17-15-30(27)33/h3-10,12,18,20,26-27,29-30H,11,13-17,19,21-22H2,1-2H3,(H,37,38)/t26-,27-,29-,30-,33-,34+/m0/s1. The van der Waals surface area contributed by atoms with Gasteiger partial charge in [0.25, 0.3) is 0 Å². The van der Waals surface area contributed by atoms with Crippen LogP contribution in [0.2, 0.25) is 0 Å². The molecule has 6 atom stereocenters. The number of carbonyl (C=O) groups excluding carboxylic acids is 1. The lowest BCUT2D eigenvalue weighted by molar-refractivity contribution is -0.138. The highest BCUT2D eigenvalue weighted by Gasteiger charge is 2.57. The molecule has 0 spiro atoms. The Balaban J connectivity index is 1.15. The Morgan fingerprint density at radius 1 is 1.00 bits per heavy atom. The largest absolute Gasteiger partial charge is 0.480 e. The lowest BCUT2D eigenvalue weighted by Crippen LogP contribution is -2.50. The van der Waals surface area contributed by atoms with Gasteiger partial charge < -0.3 is 9.84 Å². The highest BCUT2D eigenvalue weighted by Crippen LogP contribution is 2.66. The molecule has 2 saturated carbocycles. The van der Waals surface area contributed by atoms with E-state index in [2.05, 4.69) is 37.0 Å². The van der Waals surface area contributed by atoms with Crippen LogP contribution in [-0.4, -0.2) is 39.7 Å². The number of ether oxygens (including phenoxy) is 1. The lowest BCUT2D eigenvalue weighted by Gasteiger charge is -2.57. The van der Waals surface area contributed by atoms with Crippen LogP contribution in [0.3, 0.4) is 0 Å². The molecule has 4 aliphatic rings. The third-order valence-electron chi connectivity index (χ3n) is 10.7. The van der Waals surface area contributed by atoms with Crippen LogP contribution in [-0.2, 0) is 16.1 Å². The van der Waals surface area contributed by atoms with Crippen LogP contribution in [0, 0.1) is 28.6 Å². The second kappa shape index (κ2) is 10.5. The minimum Gasteiger partial charge on any atom is -0.480 e. The van der Waals surface area contributed by atoms with Gasteiger partial charge in [-0.05, 0) is 89.9 Å². The quantitative estimate of drug-likeness (QED) is 0.394. The van der Waals surface area contributed by atoms with Crippen LogP contribution in [0.25, 0.3) is 5.57 Å². The highest BCUT2D eigenvalue weighted by atomic mass is 16.6. The second-order valence-corrected chi connectivity index (χ2v) is 12.8. The van der Waals surface area contributed by atoms with Crippen molar-refractivity contribution in [2.75, 3.05) is 6.54 Å². The Kier molecular flexibility index (Phi) is 7.05. The number of hydrogen-bond acceptors (Lipinski definition) is 4. The van der Waals surface area contributed by atoms with E-state index in [0.717, 1.165) is 37.7 Å². The smallest absolute Gasteiger partial charge is 0.410 e. The Bertz CT molecular complexity index is 1320. The minimum atomic E-state index is -1.04. The molecular weight excluding hydrogens is 500 g/mol. The van der Waals surface area contributed by atoms with Crippen molar-refractivity contribution in [2.24, 2.45) is 28.6 Å². The SMILES string of the molecule is C[C@]12CC[C@H](OC(=O)N(CC(=O)O)Cc3ccccc3)CC1=CC[C@@H]1[C@@H]2CC[C@]2(C)C(c3cccnc3)=CC[C@@H]12. The molecule has 1 heterocycles. The Labute approximate surface area is 237 Å². The molecule has 0 unspecified atom stereocenters. The maximum absolute atomic E-state index is 13.1. The zero-order chi connectivity index (χ0) is 27.9. The number of fused-ring (bicyclic) bond motifs is 5. The molecule has 210 valence electrons. The topological polar surface area (TPSA) is 79.7 Å². The molecule has 0 aliphatic heterocycles. The van der Waals surface area contributed by atoms with Crippen LogP contribution < -0.4 is 0 Å². The van der Waals surface area contributed by atoms with E-state index in [9.17, 15) is 14.7 Å². The van der Waals surface area contributed by atoms with Crippen molar-refractivity contribution in [3.8, 4) is 0 Å². The third-order valence-corrected chi connectivity index (χ3v) is 10.7. The number of carboxylic acid groups (broad SMARTS) is 1. The zero-order valence-electron chi connectivity index (χ0n) is 23.6. The van der Waals surface area contributed by atoms with Crippen molar-refractivity contribution in [2.45, 2.75) is 71.4 Å². The molecule has 4 aliphatic carbocycles. The summed E-state index contributed by atoms with van der Waals surface area (Å²) in [5.74, 6) is 0.913. The molecule has 0 radical (unpaired) electrons. The number of hydrogen-bond donors (Lipinski definition) is 1. The Morgan fingerprint density at radius 2 is 1.80 bits per heavy atom. The van der Waals surface area contributed by atoms with Gasteiger partial charge in [-0.1, -0.05) is 68.0 Å². The van der Waals surface area contributed by atoms with Crippen LogP contribution in [0.1, 0.15) is 69.9 Å². The van der Waals surface area contributed by atoms with Crippen molar-refractivity contribution in [3.63, 3.8) is 0 Å². The Morgan fingerprint density at radius 3 is 2.55 bits per heavy atom. The summed E-state index contributed by atoms with van der Waals surface area (Å²) < 4.78 is 5.97. The van der Waals surface area contributed by atoms with Gasteiger partial charge in [0, 0.05) is 25.4 Å². The number of allylic oxidation sites excluding steroid dienone is 3. The fourth-order valence-corrected chi connectivity index (χ4v) is 8.63. The number of aliphatic carboxylic acids is 1. The molecule has 0 bridgehead atoms. The molecule has 6 nitrogen and oxygen atoms in total. The second-order valence-electron chi connectivity index (χ2n) is 12.8. The van der Waals surface area contributed by atoms with Gasteiger partial charge in [0.1, 0.15) is 12.6 Å².